The van der Waals surface area contributed by atoms with Crippen LogP contribution < -0.4 is 5.32 Å². The number of piperidine rings is 1. The van der Waals surface area contributed by atoms with Crippen molar-refractivity contribution in [3.8, 4) is 0 Å². The van der Waals surface area contributed by atoms with E-state index in [-0.39, 0.29) is 16.9 Å². The Kier molecular flexibility index (Phi) is 5.43. The number of hydrogen-bond acceptors (Lipinski definition) is 4. The topological polar surface area (TPSA) is 84.3 Å². The van der Waals surface area contributed by atoms with Gasteiger partial charge >= 0.3 is 0 Å². The normalized spacial score (nSPS) is 16.5. The van der Waals surface area contributed by atoms with E-state index in [0.717, 1.165) is 12.1 Å². The number of imidazole rings is 1. The highest BCUT2D eigenvalue weighted by atomic mass is 32.2. The van der Waals surface area contributed by atoms with Crippen LogP contribution in [0.4, 0.5) is 5.69 Å². The van der Waals surface area contributed by atoms with Gasteiger partial charge in [-0.15, -0.1) is 0 Å². The minimum atomic E-state index is -3.59. The molecule has 1 aliphatic heterocycles. The lowest BCUT2D eigenvalue weighted by Gasteiger charge is -2.29. The monoisotopic (exact) mass is 376 g/mol. The predicted octanol–water partition coefficient (Wildman–Crippen LogP) is 2.02. The Hall–Kier alpha value is -2.19. The number of carbonyl (C=O) groups excluding carboxylic acids is 1. The van der Waals surface area contributed by atoms with Gasteiger partial charge in [-0.2, -0.15) is 4.31 Å². The number of aryl methyl sites for hydroxylation is 2. The molecule has 0 bridgehead atoms. The van der Waals surface area contributed by atoms with Crippen molar-refractivity contribution in [1.82, 2.24) is 13.9 Å². The highest BCUT2D eigenvalue weighted by molar-refractivity contribution is 7.89. The highest BCUT2D eigenvalue weighted by Crippen LogP contribution is 2.24. The van der Waals surface area contributed by atoms with Gasteiger partial charge in [-0.1, -0.05) is 19.1 Å². The van der Waals surface area contributed by atoms with Crippen LogP contribution in [-0.2, 0) is 28.3 Å². The molecule has 140 valence electrons. The largest absolute Gasteiger partial charge is 0.339 e. The van der Waals surface area contributed by atoms with Crippen molar-refractivity contribution in [3.63, 3.8) is 0 Å². The predicted molar refractivity (Wildman–Crippen MR) is 99.1 cm³/mol. The molecule has 0 saturated carbocycles. The second-order valence-electron chi connectivity index (χ2n) is 6.60. The number of amides is 1. The van der Waals surface area contributed by atoms with Gasteiger partial charge in [-0.25, -0.2) is 13.4 Å². The Morgan fingerprint density at radius 2 is 1.88 bits per heavy atom. The van der Waals surface area contributed by atoms with E-state index in [1.807, 2.05) is 24.3 Å². The Morgan fingerprint density at radius 1 is 1.23 bits per heavy atom. The lowest BCUT2D eigenvalue weighted by atomic mass is 9.97. The smallest absolute Gasteiger partial charge is 0.262 e. The molecular formula is C18H24N4O3S. The van der Waals surface area contributed by atoms with Crippen LogP contribution in [0.25, 0.3) is 0 Å². The lowest BCUT2D eigenvalue weighted by molar-refractivity contribution is -0.120. The Morgan fingerprint density at radius 3 is 2.42 bits per heavy atom. The number of carbonyl (C=O) groups is 1. The van der Waals surface area contributed by atoms with Crippen LogP contribution in [0.5, 0.6) is 0 Å². The summed E-state index contributed by atoms with van der Waals surface area (Å²) in [6.07, 6.45) is 4.93. The third-order valence-corrected chi connectivity index (χ3v) is 6.52. The van der Waals surface area contributed by atoms with E-state index in [4.69, 9.17) is 0 Å². The van der Waals surface area contributed by atoms with E-state index in [2.05, 4.69) is 17.2 Å². The fourth-order valence-electron chi connectivity index (χ4n) is 3.08. The third-order valence-electron chi connectivity index (χ3n) is 4.74. The number of rotatable bonds is 5. The van der Waals surface area contributed by atoms with Crippen molar-refractivity contribution in [2.24, 2.45) is 13.0 Å². The minimum absolute atomic E-state index is 0.0517. The van der Waals surface area contributed by atoms with Gasteiger partial charge in [0.05, 0.1) is 6.33 Å². The first-order valence-corrected chi connectivity index (χ1v) is 10.2. The summed E-state index contributed by atoms with van der Waals surface area (Å²) in [7, 11) is -1.86. The fourth-order valence-corrected chi connectivity index (χ4v) is 4.52. The van der Waals surface area contributed by atoms with Gasteiger partial charge < -0.3 is 9.88 Å². The van der Waals surface area contributed by atoms with Crippen LogP contribution in [-0.4, -0.2) is 41.3 Å². The third kappa shape index (κ3) is 3.96. The zero-order chi connectivity index (χ0) is 18.7. The molecule has 8 heteroatoms. The van der Waals surface area contributed by atoms with Gasteiger partial charge in [0.25, 0.3) is 10.0 Å². The molecule has 1 aliphatic rings. The molecular weight excluding hydrogens is 352 g/mol. The molecule has 0 aliphatic carbocycles. The van der Waals surface area contributed by atoms with Gasteiger partial charge in [-0.05, 0) is 37.0 Å². The average Bonchev–Trinajstić information content (AvgIpc) is 3.10. The summed E-state index contributed by atoms with van der Waals surface area (Å²) in [6.45, 7) is 2.73. The molecule has 3 rings (SSSR count). The first-order chi connectivity index (χ1) is 12.4. The molecule has 1 aromatic heterocycles. The van der Waals surface area contributed by atoms with Gasteiger partial charge in [-0.3, -0.25) is 4.79 Å². The Balaban J connectivity index is 1.58. The van der Waals surface area contributed by atoms with Gasteiger partial charge in [0, 0.05) is 37.9 Å². The first-order valence-electron chi connectivity index (χ1n) is 8.78. The van der Waals surface area contributed by atoms with E-state index >= 15 is 0 Å². The van der Waals surface area contributed by atoms with Crippen molar-refractivity contribution in [2.75, 3.05) is 18.4 Å². The molecule has 0 spiro atoms. The van der Waals surface area contributed by atoms with E-state index < -0.39 is 10.0 Å². The van der Waals surface area contributed by atoms with Crippen molar-refractivity contribution < 1.29 is 13.2 Å². The molecule has 1 aromatic carbocycles. The van der Waals surface area contributed by atoms with Crippen molar-refractivity contribution >= 4 is 21.6 Å². The molecule has 1 fully saturated rings. The Labute approximate surface area is 154 Å². The van der Waals surface area contributed by atoms with Crippen LogP contribution in [0.1, 0.15) is 25.3 Å². The van der Waals surface area contributed by atoms with E-state index in [0.29, 0.717) is 25.9 Å². The molecule has 0 radical (unpaired) electrons. The fraction of sp³-hybridized carbons (Fsp3) is 0.444. The molecule has 1 N–H and O–H groups in total. The summed E-state index contributed by atoms with van der Waals surface area (Å²) in [5, 5.41) is 2.98. The SMILES string of the molecule is CCc1ccc(NC(=O)C2CCN(S(=O)(=O)c3cn(C)cn3)CC2)cc1. The van der Waals surface area contributed by atoms with Gasteiger partial charge in [0.2, 0.25) is 5.91 Å². The zero-order valence-corrected chi connectivity index (χ0v) is 15.9. The zero-order valence-electron chi connectivity index (χ0n) is 15.1. The number of nitrogens with zero attached hydrogens (tertiary/aromatic N) is 3. The molecule has 0 unspecified atom stereocenters. The number of anilines is 1. The summed E-state index contributed by atoms with van der Waals surface area (Å²) < 4.78 is 28.2. The average molecular weight is 376 g/mol. The van der Waals surface area contributed by atoms with E-state index in [1.54, 1.807) is 11.6 Å². The van der Waals surface area contributed by atoms with Crippen molar-refractivity contribution in [1.29, 1.82) is 0 Å². The molecule has 2 aromatic rings. The number of sulfonamides is 1. The lowest BCUT2D eigenvalue weighted by Crippen LogP contribution is -2.41. The second-order valence-corrected chi connectivity index (χ2v) is 8.48. The summed E-state index contributed by atoms with van der Waals surface area (Å²) >= 11 is 0. The standard InChI is InChI=1S/C18H24N4O3S/c1-3-14-4-6-16(7-5-14)20-18(23)15-8-10-22(11-9-15)26(24,25)17-12-21(2)13-19-17/h4-7,12-13,15H,3,8-11H2,1-2H3,(H,20,23). The molecule has 2 heterocycles. The molecule has 26 heavy (non-hydrogen) atoms. The molecule has 1 amide bonds. The van der Waals surface area contributed by atoms with Crippen molar-refractivity contribution in [3.05, 3.63) is 42.4 Å². The van der Waals surface area contributed by atoms with Crippen LogP contribution in [0.3, 0.4) is 0 Å². The van der Waals surface area contributed by atoms with Crippen LogP contribution in [0.2, 0.25) is 0 Å². The van der Waals surface area contributed by atoms with Gasteiger partial charge in [0.15, 0.2) is 5.03 Å². The van der Waals surface area contributed by atoms with Gasteiger partial charge in [0.1, 0.15) is 0 Å². The van der Waals surface area contributed by atoms with Crippen molar-refractivity contribution in [2.45, 2.75) is 31.2 Å². The van der Waals surface area contributed by atoms with E-state index in [9.17, 15) is 13.2 Å². The second kappa shape index (κ2) is 7.59. The Bertz CT molecular complexity index is 866. The summed E-state index contributed by atoms with van der Waals surface area (Å²) in [5.74, 6) is -0.236. The number of aromatic nitrogens is 2. The maximum absolute atomic E-state index is 12.6. The maximum atomic E-state index is 12.6. The number of hydrogen-bond donors (Lipinski definition) is 1. The van der Waals surface area contributed by atoms with Crippen LogP contribution in [0.15, 0.2) is 41.8 Å². The summed E-state index contributed by atoms with van der Waals surface area (Å²) in [6, 6.07) is 7.80. The quantitative estimate of drug-likeness (QED) is 0.865. The number of benzene rings is 1. The van der Waals surface area contributed by atoms with Crippen LogP contribution in [0, 0.1) is 5.92 Å². The highest BCUT2D eigenvalue weighted by Gasteiger charge is 2.33. The maximum Gasteiger partial charge on any atom is 0.262 e. The summed E-state index contributed by atoms with van der Waals surface area (Å²) in [4.78, 5) is 16.4. The van der Waals surface area contributed by atoms with Crippen LogP contribution >= 0.6 is 0 Å². The molecule has 1 saturated heterocycles. The molecule has 0 atom stereocenters. The van der Waals surface area contributed by atoms with E-state index in [1.165, 1.54) is 22.4 Å². The molecule has 7 nitrogen and oxygen atoms in total. The first kappa shape index (κ1) is 18.6. The number of nitrogens with one attached hydrogen (secondary N) is 1. The minimum Gasteiger partial charge on any atom is -0.339 e. The summed E-state index contributed by atoms with van der Waals surface area (Å²) in [5.41, 5.74) is 1.99.